The van der Waals surface area contributed by atoms with Crippen LogP contribution in [0.3, 0.4) is 0 Å². The van der Waals surface area contributed by atoms with E-state index in [0.29, 0.717) is 0 Å². The Morgan fingerprint density at radius 3 is 2.58 bits per heavy atom. The fourth-order valence-electron chi connectivity index (χ4n) is 0.716. The van der Waals surface area contributed by atoms with Crippen LogP contribution in [-0.4, -0.2) is 11.4 Å². The molecule has 1 aromatic carbocycles. The van der Waals surface area contributed by atoms with Crippen LogP contribution in [0.2, 0.25) is 5.02 Å². The van der Waals surface area contributed by atoms with Crippen molar-refractivity contribution in [3.05, 3.63) is 34.4 Å². The summed E-state index contributed by atoms with van der Waals surface area (Å²) in [5, 5.41) is 10.4. The van der Waals surface area contributed by atoms with Gasteiger partial charge in [0.2, 0.25) is 0 Å². The molecule has 0 spiro atoms. The highest BCUT2D eigenvalue weighted by atomic mass is 35.5. The predicted octanol–water partition coefficient (Wildman–Crippen LogP) is 2.43. The van der Waals surface area contributed by atoms with Gasteiger partial charge in [-0.3, -0.25) is 0 Å². The third-order valence-corrected chi connectivity index (χ3v) is 1.49. The Labute approximate surface area is 72.1 Å². The summed E-state index contributed by atoms with van der Waals surface area (Å²) in [6.45, 7) is 0. The molecule has 2 nitrogen and oxygen atoms in total. The van der Waals surface area contributed by atoms with E-state index in [1.807, 2.05) is 0 Å². The Bertz CT molecular complexity index is 304. The van der Waals surface area contributed by atoms with Crippen molar-refractivity contribution >= 4 is 17.8 Å². The molecule has 0 saturated carbocycles. The molecule has 0 unspecified atom stereocenters. The summed E-state index contributed by atoms with van der Waals surface area (Å²) in [5.74, 6) is -2.18. The summed E-state index contributed by atoms with van der Waals surface area (Å²) in [7, 11) is 0. The summed E-state index contributed by atoms with van der Waals surface area (Å²) in [6.07, 6.45) is 0.953. The second-order valence-corrected chi connectivity index (χ2v) is 2.45. The largest absolute Gasteiger partial charge is 0.411 e. The number of oxime groups is 1. The summed E-state index contributed by atoms with van der Waals surface area (Å²) < 4.78 is 25.1. The van der Waals surface area contributed by atoms with E-state index in [1.54, 1.807) is 0 Å². The van der Waals surface area contributed by atoms with Crippen molar-refractivity contribution in [2.45, 2.75) is 0 Å². The molecule has 12 heavy (non-hydrogen) atoms. The lowest BCUT2D eigenvalue weighted by molar-refractivity contribution is 0.322. The Morgan fingerprint density at radius 1 is 1.42 bits per heavy atom. The molecule has 0 radical (unpaired) electrons. The molecule has 0 aliphatic carbocycles. The van der Waals surface area contributed by atoms with Crippen molar-refractivity contribution < 1.29 is 14.0 Å². The molecule has 0 amide bonds. The van der Waals surface area contributed by atoms with Gasteiger partial charge in [-0.2, -0.15) is 0 Å². The summed E-state index contributed by atoms with van der Waals surface area (Å²) >= 11 is 5.30. The van der Waals surface area contributed by atoms with Gasteiger partial charge < -0.3 is 5.21 Å². The highest BCUT2D eigenvalue weighted by molar-refractivity contribution is 6.31. The smallest absolute Gasteiger partial charge is 0.177 e. The van der Waals surface area contributed by atoms with Crippen LogP contribution in [0.4, 0.5) is 8.78 Å². The van der Waals surface area contributed by atoms with Gasteiger partial charge in [-0.25, -0.2) is 8.78 Å². The Kier molecular flexibility index (Phi) is 2.60. The van der Waals surface area contributed by atoms with E-state index < -0.39 is 11.6 Å². The first kappa shape index (κ1) is 8.93. The van der Waals surface area contributed by atoms with Crippen LogP contribution in [0, 0.1) is 11.6 Å². The fourth-order valence-corrected chi connectivity index (χ4v) is 0.933. The Morgan fingerprint density at radius 2 is 2.08 bits per heavy atom. The van der Waals surface area contributed by atoms with Crippen LogP contribution >= 0.6 is 11.6 Å². The van der Waals surface area contributed by atoms with Gasteiger partial charge in [0.25, 0.3) is 0 Å². The second-order valence-electron chi connectivity index (χ2n) is 2.04. The molecule has 0 bridgehead atoms. The Hall–Kier alpha value is -1.16. The van der Waals surface area contributed by atoms with E-state index >= 15 is 0 Å². The summed E-state index contributed by atoms with van der Waals surface area (Å²) in [4.78, 5) is 0. The van der Waals surface area contributed by atoms with Crippen molar-refractivity contribution in [3.8, 4) is 0 Å². The minimum absolute atomic E-state index is 0.196. The molecule has 1 aromatic rings. The normalized spacial score (nSPS) is 10.9. The van der Waals surface area contributed by atoms with Gasteiger partial charge >= 0.3 is 0 Å². The van der Waals surface area contributed by atoms with Crippen molar-refractivity contribution in [3.63, 3.8) is 0 Å². The summed E-state index contributed by atoms with van der Waals surface area (Å²) in [5.41, 5.74) is 0.196. The molecule has 5 heteroatoms. The minimum atomic E-state index is -1.10. The first-order chi connectivity index (χ1) is 5.65. The van der Waals surface area contributed by atoms with E-state index in [2.05, 4.69) is 5.16 Å². The minimum Gasteiger partial charge on any atom is -0.411 e. The number of hydrogen-bond acceptors (Lipinski definition) is 2. The van der Waals surface area contributed by atoms with Gasteiger partial charge in [-0.15, -0.1) is 0 Å². The first-order valence-corrected chi connectivity index (χ1v) is 3.35. The lowest BCUT2D eigenvalue weighted by Crippen LogP contribution is -1.89. The maximum atomic E-state index is 12.6. The zero-order valence-electron chi connectivity index (χ0n) is 5.76. The van der Waals surface area contributed by atoms with Crippen LogP contribution in [0.5, 0.6) is 0 Å². The number of halogens is 3. The van der Waals surface area contributed by atoms with E-state index in [0.717, 1.165) is 18.3 Å². The van der Waals surface area contributed by atoms with E-state index in [9.17, 15) is 8.78 Å². The molecule has 0 heterocycles. The lowest BCUT2D eigenvalue weighted by Gasteiger charge is -1.97. The van der Waals surface area contributed by atoms with E-state index in [-0.39, 0.29) is 10.6 Å². The molecule has 1 rings (SSSR count). The highest BCUT2D eigenvalue weighted by Crippen LogP contribution is 2.18. The van der Waals surface area contributed by atoms with Crippen LogP contribution in [0.1, 0.15) is 5.56 Å². The first-order valence-electron chi connectivity index (χ1n) is 2.97. The number of nitrogens with zero attached hydrogens (tertiary/aromatic N) is 1. The van der Waals surface area contributed by atoms with Crippen LogP contribution < -0.4 is 0 Å². The SMILES string of the molecule is O/N=C/c1cc(F)c(F)c(Cl)c1. The Balaban J connectivity index is 3.21. The fraction of sp³-hybridized carbons (Fsp3) is 0. The topological polar surface area (TPSA) is 32.6 Å². The molecular weight excluding hydrogens is 188 g/mol. The van der Waals surface area contributed by atoms with Crippen molar-refractivity contribution in [2.24, 2.45) is 5.16 Å². The van der Waals surface area contributed by atoms with Crippen molar-refractivity contribution in [2.75, 3.05) is 0 Å². The van der Waals surface area contributed by atoms with Gasteiger partial charge in [0.05, 0.1) is 11.2 Å². The zero-order chi connectivity index (χ0) is 9.14. The van der Waals surface area contributed by atoms with Gasteiger partial charge in [-0.1, -0.05) is 16.8 Å². The monoisotopic (exact) mass is 191 g/mol. The molecule has 0 aliphatic rings. The summed E-state index contributed by atoms with van der Waals surface area (Å²) in [6, 6.07) is 2.03. The van der Waals surface area contributed by atoms with Crippen molar-refractivity contribution in [1.29, 1.82) is 0 Å². The molecule has 1 N–H and O–H groups in total. The average Bonchev–Trinajstić information content (AvgIpc) is 2.01. The molecular formula is C7H4ClF2NO. The molecule has 0 fully saturated rings. The number of benzene rings is 1. The zero-order valence-corrected chi connectivity index (χ0v) is 6.52. The predicted molar refractivity (Wildman–Crippen MR) is 40.7 cm³/mol. The second kappa shape index (κ2) is 3.49. The van der Waals surface area contributed by atoms with Crippen molar-refractivity contribution in [1.82, 2.24) is 0 Å². The molecule has 0 aliphatic heterocycles. The average molecular weight is 192 g/mol. The van der Waals surface area contributed by atoms with E-state index in [4.69, 9.17) is 16.8 Å². The third-order valence-electron chi connectivity index (χ3n) is 1.21. The number of hydrogen-bond donors (Lipinski definition) is 1. The maximum absolute atomic E-state index is 12.6. The molecule has 64 valence electrons. The molecule has 0 saturated heterocycles. The lowest BCUT2D eigenvalue weighted by atomic mass is 10.2. The third kappa shape index (κ3) is 1.71. The number of rotatable bonds is 1. The molecule has 0 aromatic heterocycles. The standard InChI is InChI=1S/C7H4ClF2NO/c8-5-1-4(3-11-12)2-6(9)7(5)10/h1-3,12H/b11-3+. The highest BCUT2D eigenvalue weighted by Gasteiger charge is 2.07. The quantitative estimate of drug-likeness (QED) is 0.314. The van der Waals surface area contributed by atoms with Crippen LogP contribution in [-0.2, 0) is 0 Å². The molecule has 0 atom stereocenters. The van der Waals surface area contributed by atoms with Crippen LogP contribution in [0.25, 0.3) is 0 Å². The van der Waals surface area contributed by atoms with Crippen LogP contribution in [0.15, 0.2) is 17.3 Å². The van der Waals surface area contributed by atoms with Gasteiger partial charge in [0.15, 0.2) is 11.6 Å². The van der Waals surface area contributed by atoms with E-state index in [1.165, 1.54) is 0 Å². The van der Waals surface area contributed by atoms with Gasteiger partial charge in [0, 0.05) is 5.56 Å². The van der Waals surface area contributed by atoms with Gasteiger partial charge in [-0.05, 0) is 12.1 Å². The van der Waals surface area contributed by atoms with Gasteiger partial charge in [0.1, 0.15) is 0 Å². The maximum Gasteiger partial charge on any atom is 0.177 e.